The number of pyridine rings is 2. The van der Waals surface area contributed by atoms with Gasteiger partial charge in [-0.2, -0.15) is 0 Å². The van der Waals surface area contributed by atoms with E-state index in [1.54, 1.807) is 0 Å². The van der Waals surface area contributed by atoms with Gasteiger partial charge in [-0.05, 0) is 49.2 Å². The van der Waals surface area contributed by atoms with E-state index >= 15 is 0 Å². The van der Waals surface area contributed by atoms with Crippen molar-refractivity contribution in [3.8, 4) is 33.6 Å². The van der Waals surface area contributed by atoms with Gasteiger partial charge in [0, 0.05) is 23.4 Å². The summed E-state index contributed by atoms with van der Waals surface area (Å²) in [6.45, 7) is 4.24. The zero-order valence-electron chi connectivity index (χ0n) is 17.7. The lowest BCUT2D eigenvalue weighted by Gasteiger charge is -2.13. The number of rotatable bonds is 5. The number of nitrogens with one attached hydrogen (secondary N) is 1. The van der Waals surface area contributed by atoms with Gasteiger partial charge in [-0.25, -0.2) is 9.97 Å². The second kappa shape index (κ2) is 8.07. The monoisotopic (exact) mass is 404 g/mol. The van der Waals surface area contributed by atoms with Crippen LogP contribution in [0.2, 0.25) is 0 Å². The number of fused-ring (bicyclic) bond motifs is 1. The SMILES string of the molecule is CC(C)Nc1cc(-c2cnc3cc(-c4ccccc4)ccn23)cc(-c2ccccc2)n1. The maximum Gasteiger partial charge on any atom is 0.137 e. The number of hydrogen-bond donors (Lipinski definition) is 1. The summed E-state index contributed by atoms with van der Waals surface area (Å²) in [6.07, 6.45) is 4.03. The molecule has 4 heteroatoms. The minimum atomic E-state index is 0.294. The highest BCUT2D eigenvalue weighted by atomic mass is 15.0. The number of nitrogens with zero attached hydrogens (tertiary/aromatic N) is 3. The van der Waals surface area contributed by atoms with Crippen molar-refractivity contribution in [2.24, 2.45) is 0 Å². The van der Waals surface area contributed by atoms with E-state index in [0.717, 1.165) is 39.5 Å². The highest BCUT2D eigenvalue weighted by molar-refractivity contribution is 5.75. The maximum absolute atomic E-state index is 4.85. The number of imidazole rings is 1. The van der Waals surface area contributed by atoms with E-state index in [2.05, 4.69) is 90.4 Å². The molecule has 0 spiro atoms. The fourth-order valence-corrected chi connectivity index (χ4v) is 3.81. The third-order valence-corrected chi connectivity index (χ3v) is 5.25. The lowest BCUT2D eigenvalue weighted by molar-refractivity contribution is 0.890. The summed E-state index contributed by atoms with van der Waals surface area (Å²) in [5.74, 6) is 0.863. The third-order valence-electron chi connectivity index (χ3n) is 5.25. The van der Waals surface area contributed by atoms with Crippen LogP contribution in [0.1, 0.15) is 13.8 Å². The van der Waals surface area contributed by atoms with Gasteiger partial charge in [0.2, 0.25) is 0 Å². The first-order valence-electron chi connectivity index (χ1n) is 10.5. The van der Waals surface area contributed by atoms with E-state index < -0.39 is 0 Å². The fourth-order valence-electron chi connectivity index (χ4n) is 3.81. The van der Waals surface area contributed by atoms with Crippen LogP contribution in [-0.2, 0) is 0 Å². The van der Waals surface area contributed by atoms with E-state index in [4.69, 9.17) is 9.97 Å². The molecule has 0 aliphatic rings. The molecule has 31 heavy (non-hydrogen) atoms. The van der Waals surface area contributed by atoms with E-state index in [0.29, 0.717) is 6.04 Å². The summed E-state index contributed by atoms with van der Waals surface area (Å²) >= 11 is 0. The Morgan fingerprint density at radius 1 is 0.742 bits per heavy atom. The minimum Gasteiger partial charge on any atom is -0.368 e. The molecule has 0 radical (unpaired) electrons. The average molecular weight is 405 g/mol. The molecule has 0 amide bonds. The Morgan fingerprint density at radius 3 is 2.16 bits per heavy atom. The molecule has 3 heterocycles. The lowest BCUT2D eigenvalue weighted by atomic mass is 10.1. The van der Waals surface area contributed by atoms with Gasteiger partial charge < -0.3 is 5.32 Å². The van der Waals surface area contributed by atoms with Crippen molar-refractivity contribution in [1.82, 2.24) is 14.4 Å². The van der Waals surface area contributed by atoms with Gasteiger partial charge in [-0.15, -0.1) is 0 Å². The summed E-state index contributed by atoms with van der Waals surface area (Å²) in [4.78, 5) is 9.54. The molecule has 5 rings (SSSR count). The predicted octanol–water partition coefficient (Wildman–Crippen LogP) is 6.55. The van der Waals surface area contributed by atoms with Gasteiger partial charge in [0.05, 0.1) is 17.6 Å². The molecule has 0 bridgehead atoms. The first kappa shape index (κ1) is 19.1. The Labute approximate surface area is 182 Å². The summed E-state index contributed by atoms with van der Waals surface area (Å²) in [5.41, 5.74) is 7.43. The molecule has 2 aromatic carbocycles. The first-order chi connectivity index (χ1) is 15.2. The Morgan fingerprint density at radius 2 is 1.45 bits per heavy atom. The Hall–Kier alpha value is -3.92. The predicted molar refractivity (Wildman–Crippen MR) is 128 cm³/mol. The van der Waals surface area contributed by atoms with Gasteiger partial charge in [0.1, 0.15) is 11.5 Å². The first-order valence-corrected chi connectivity index (χ1v) is 10.5. The van der Waals surface area contributed by atoms with Crippen molar-refractivity contribution in [3.05, 3.63) is 97.3 Å². The fraction of sp³-hybridized carbons (Fsp3) is 0.111. The molecule has 0 saturated heterocycles. The van der Waals surface area contributed by atoms with Crippen LogP contribution >= 0.6 is 0 Å². The lowest BCUT2D eigenvalue weighted by Crippen LogP contribution is -2.11. The van der Waals surface area contributed by atoms with Crippen molar-refractivity contribution in [2.45, 2.75) is 19.9 Å². The van der Waals surface area contributed by atoms with E-state index in [9.17, 15) is 0 Å². The van der Waals surface area contributed by atoms with Gasteiger partial charge in [-0.1, -0.05) is 60.7 Å². The molecule has 3 aromatic heterocycles. The molecule has 0 aliphatic heterocycles. The zero-order chi connectivity index (χ0) is 21.2. The number of aromatic nitrogens is 3. The van der Waals surface area contributed by atoms with Crippen LogP contribution in [0.25, 0.3) is 39.3 Å². The van der Waals surface area contributed by atoms with E-state index in [1.807, 2.05) is 30.5 Å². The second-order valence-electron chi connectivity index (χ2n) is 7.94. The van der Waals surface area contributed by atoms with Crippen LogP contribution in [0.4, 0.5) is 5.82 Å². The van der Waals surface area contributed by atoms with Crippen molar-refractivity contribution in [3.63, 3.8) is 0 Å². The number of benzene rings is 2. The quantitative estimate of drug-likeness (QED) is 0.361. The highest BCUT2D eigenvalue weighted by Gasteiger charge is 2.12. The van der Waals surface area contributed by atoms with Gasteiger partial charge in [0.25, 0.3) is 0 Å². The normalized spacial score (nSPS) is 11.2. The Balaban J connectivity index is 1.62. The third kappa shape index (κ3) is 3.92. The van der Waals surface area contributed by atoms with Crippen LogP contribution in [0.15, 0.2) is 97.3 Å². The molecule has 0 atom stereocenters. The summed E-state index contributed by atoms with van der Waals surface area (Å²) in [7, 11) is 0. The van der Waals surface area contributed by atoms with Gasteiger partial charge >= 0.3 is 0 Å². The van der Waals surface area contributed by atoms with Crippen LogP contribution in [0, 0.1) is 0 Å². The molecular formula is C27H24N4. The minimum absolute atomic E-state index is 0.294. The Kier molecular flexibility index (Phi) is 4.97. The molecule has 152 valence electrons. The van der Waals surface area contributed by atoms with E-state index in [1.165, 1.54) is 5.56 Å². The molecular weight excluding hydrogens is 380 g/mol. The highest BCUT2D eigenvalue weighted by Crippen LogP contribution is 2.30. The largest absolute Gasteiger partial charge is 0.368 e. The maximum atomic E-state index is 4.85. The van der Waals surface area contributed by atoms with Crippen LogP contribution in [0.5, 0.6) is 0 Å². The summed E-state index contributed by atoms with van der Waals surface area (Å²) in [5, 5.41) is 3.46. The van der Waals surface area contributed by atoms with Crippen molar-refractivity contribution in [2.75, 3.05) is 5.32 Å². The molecule has 4 nitrogen and oxygen atoms in total. The number of anilines is 1. The smallest absolute Gasteiger partial charge is 0.137 e. The average Bonchev–Trinajstić information content (AvgIpc) is 3.23. The topological polar surface area (TPSA) is 42.2 Å². The molecule has 0 saturated carbocycles. The second-order valence-corrected chi connectivity index (χ2v) is 7.94. The zero-order valence-corrected chi connectivity index (χ0v) is 17.7. The van der Waals surface area contributed by atoms with Crippen LogP contribution in [0.3, 0.4) is 0 Å². The molecule has 5 aromatic rings. The number of hydrogen-bond acceptors (Lipinski definition) is 3. The standard InChI is InChI=1S/C27H24N4/c1-19(2)29-26-16-23(15-24(30-26)21-11-7-4-8-12-21)25-18-28-27-17-22(13-14-31(25)27)20-9-5-3-6-10-20/h3-19H,1-2H3,(H,29,30). The Bertz CT molecular complexity index is 1320. The molecule has 0 unspecified atom stereocenters. The molecule has 0 aliphatic carbocycles. The molecule has 1 N–H and O–H groups in total. The van der Waals surface area contributed by atoms with Crippen molar-refractivity contribution < 1.29 is 0 Å². The summed E-state index contributed by atoms with van der Waals surface area (Å²) in [6, 6.07) is 29.5. The van der Waals surface area contributed by atoms with Gasteiger partial charge in [-0.3, -0.25) is 4.40 Å². The van der Waals surface area contributed by atoms with Crippen molar-refractivity contribution >= 4 is 11.5 Å². The summed E-state index contributed by atoms with van der Waals surface area (Å²) < 4.78 is 2.13. The van der Waals surface area contributed by atoms with Crippen molar-refractivity contribution in [1.29, 1.82) is 0 Å². The van der Waals surface area contributed by atoms with Crippen LogP contribution < -0.4 is 5.32 Å². The molecule has 0 fully saturated rings. The van der Waals surface area contributed by atoms with Gasteiger partial charge in [0.15, 0.2) is 0 Å². The van der Waals surface area contributed by atoms with Crippen LogP contribution in [-0.4, -0.2) is 20.4 Å². The van der Waals surface area contributed by atoms with E-state index in [-0.39, 0.29) is 0 Å².